The van der Waals surface area contributed by atoms with E-state index in [1.54, 1.807) is 0 Å². The minimum absolute atomic E-state index is 0.185. The lowest BCUT2D eigenvalue weighted by Crippen LogP contribution is -2.57. The number of nitrogens with zero attached hydrogens (tertiary/aromatic N) is 1. The van der Waals surface area contributed by atoms with Crippen molar-refractivity contribution in [3.63, 3.8) is 0 Å². The van der Waals surface area contributed by atoms with Crippen molar-refractivity contribution in [2.45, 2.75) is 65.7 Å². The van der Waals surface area contributed by atoms with Gasteiger partial charge >= 0.3 is 0 Å². The smallest absolute Gasteiger partial charge is 0.220 e. The summed E-state index contributed by atoms with van der Waals surface area (Å²) < 4.78 is 5.87. The van der Waals surface area contributed by atoms with Crippen LogP contribution >= 0.6 is 0 Å². The molecule has 3 aliphatic carbocycles. The second-order valence-corrected chi connectivity index (χ2v) is 10.7. The summed E-state index contributed by atoms with van der Waals surface area (Å²) >= 11 is 0. The number of carbonyl (C=O) groups is 1. The van der Waals surface area contributed by atoms with E-state index < -0.39 is 0 Å². The van der Waals surface area contributed by atoms with Gasteiger partial charge in [-0.3, -0.25) is 9.78 Å². The van der Waals surface area contributed by atoms with Crippen molar-refractivity contribution in [1.29, 1.82) is 0 Å². The fraction of sp³-hybridized carbons (Fsp3) is 0.692. The summed E-state index contributed by atoms with van der Waals surface area (Å²) in [5.74, 6) is 3.92. The summed E-state index contributed by atoms with van der Waals surface area (Å²) in [5, 5.41) is 3.14. The molecule has 0 radical (unpaired) electrons. The van der Waals surface area contributed by atoms with Crippen LogP contribution < -0.4 is 10.1 Å². The van der Waals surface area contributed by atoms with Crippen molar-refractivity contribution in [1.82, 2.24) is 10.3 Å². The SMILES string of the molecule is CCCOc1cncc(C2=CC[C@H]3C4CC[C@H]5CNC(=O)C[C@]5(C)[C@H]4CC[C@]23C)c1. The average molecular weight is 409 g/mol. The van der Waals surface area contributed by atoms with Crippen molar-refractivity contribution in [2.24, 2.45) is 34.5 Å². The van der Waals surface area contributed by atoms with Crippen molar-refractivity contribution in [2.75, 3.05) is 13.2 Å². The Morgan fingerprint density at radius 2 is 2.07 bits per heavy atom. The standard InChI is InChI=1S/C26H36N2O2/c1-4-11-30-19-12-17(14-27-16-19)21-7-8-22-20-6-5-18-15-28-24(29)13-26(18,3)23(20)9-10-25(21,22)2/h7,12,14,16,18,20,22-23H,4-6,8-11,13,15H2,1-3H3,(H,28,29)/t18-,20?,22-,23-,25+,26-/m0/s1. The van der Waals surface area contributed by atoms with E-state index in [-0.39, 0.29) is 16.7 Å². The minimum atomic E-state index is 0.185. The highest BCUT2D eigenvalue weighted by Crippen LogP contribution is 2.66. The number of ether oxygens (including phenoxy) is 1. The third-order valence-electron chi connectivity index (χ3n) is 9.23. The molecule has 4 aliphatic rings. The second kappa shape index (κ2) is 7.39. The molecular formula is C26H36N2O2. The first-order chi connectivity index (χ1) is 14.5. The first-order valence-electron chi connectivity index (χ1n) is 12.0. The molecule has 6 atom stereocenters. The van der Waals surface area contributed by atoms with Crippen molar-refractivity contribution in [3.05, 3.63) is 30.1 Å². The molecule has 4 heteroatoms. The monoisotopic (exact) mass is 408 g/mol. The quantitative estimate of drug-likeness (QED) is 0.741. The molecule has 2 heterocycles. The Labute approximate surface area is 180 Å². The first kappa shape index (κ1) is 20.1. The highest BCUT2D eigenvalue weighted by Gasteiger charge is 2.59. The highest BCUT2D eigenvalue weighted by molar-refractivity contribution is 5.78. The van der Waals surface area contributed by atoms with Gasteiger partial charge in [0.1, 0.15) is 5.75 Å². The average Bonchev–Trinajstić information content (AvgIpc) is 3.09. The number of piperidine rings is 1. The topological polar surface area (TPSA) is 51.2 Å². The summed E-state index contributed by atoms with van der Waals surface area (Å²) in [4.78, 5) is 16.8. The molecule has 5 rings (SSSR count). The van der Waals surface area contributed by atoms with E-state index in [1.165, 1.54) is 43.2 Å². The molecular weight excluding hydrogens is 372 g/mol. The lowest BCUT2D eigenvalue weighted by Gasteiger charge is -2.59. The summed E-state index contributed by atoms with van der Waals surface area (Å²) in [6.07, 6.45) is 14.3. The third-order valence-corrected chi connectivity index (χ3v) is 9.23. The molecule has 1 unspecified atom stereocenters. The van der Waals surface area contributed by atoms with Gasteiger partial charge in [0.2, 0.25) is 5.91 Å². The van der Waals surface area contributed by atoms with Crippen LogP contribution in [0.15, 0.2) is 24.5 Å². The fourth-order valence-corrected chi connectivity index (χ4v) is 7.67. The van der Waals surface area contributed by atoms with Crippen LogP contribution in [-0.4, -0.2) is 24.0 Å². The molecule has 1 aromatic rings. The number of rotatable bonds is 4. The molecule has 4 nitrogen and oxygen atoms in total. The summed E-state index contributed by atoms with van der Waals surface area (Å²) in [7, 11) is 0. The van der Waals surface area contributed by atoms with Crippen LogP contribution in [0.25, 0.3) is 5.57 Å². The lowest BCUT2D eigenvalue weighted by molar-refractivity contribution is -0.139. The highest BCUT2D eigenvalue weighted by atomic mass is 16.5. The zero-order chi connectivity index (χ0) is 20.9. The normalized spacial score (nSPS) is 40.0. The molecule has 1 aliphatic heterocycles. The van der Waals surface area contributed by atoms with E-state index in [1.807, 2.05) is 12.4 Å². The Balaban J connectivity index is 1.41. The number of hydrogen-bond donors (Lipinski definition) is 1. The summed E-state index contributed by atoms with van der Waals surface area (Å²) in [6, 6.07) is 2.19. The molecule has 3 fully saturated rings. The Morgan fingerprint density at radius 1 is 1.20 bits per heavy atom. The minimum Gasteiger partial charge on any atom is -0.492 e. The molecule has 30 heavy (non-hydrogen) atoms. The summed E-state index contributed by atoms with van der Waals surface area (Å²) in [5.41, 5.74) is 3.12. The van der Waals surface area contributed by atoms with Crippen LogP contribution in [0.5, 0.6) is 5.75 Å². The molecule has 1 N–H and O–H groups in total. The van der Waals surface area contributed by atoms with Gasteiger partial charge in [0.25, 0.3) is 0 Å². The number of fused-ring (bicyclic) bond motifs is 5. The fourth-order valence-electron chi connectivity index (χ4n) is 7.67. The van der Waals surface area contributed by atoms with Gasteiger partial charge in [0.15, 0.2) is 0 Å². The molecule has 0 aromatic carbocycles. The number of hydrogen-bond acceptors (Lipinski definition) is 3. The first-order valence-corrected chi connectivity index (χ1v) is 12.0. The van der Waals surface area contributed by atoms with Gasteiger partial charge in [0.05, 0.1) is 12.8 Å². The molecule has 0 bridgehead atoms. The maximum atomic E-state index is 12.3. The number of amides is 1. The zero-order valence-electron chi connectivity index (χ0n) is 18.7. The van der Waals surface area contributed by atoms with Crippen molar-refractivity contribution in [3.8, 4) is 5.75 Å². The predicted molar refractivity (Wildman–Crippen MR) is 119 cm³/mol. The van der Waals surface area contributed by atoms with E-state index in [0.717, 1.165) is 37.7 Å². The molecule has 162 valence electrons. The molecule has 1 aromatic heterocycles. The number of carbonyl (C=O) groups excluding carboxylic acids is 1. The van der Waals surface area contributed by atoms with Crippen LogP contribution in [0.4, 0.5) is 0 Å². The van der Waals surface area contributed by atoms with E-state index >= 15 is 0 Å². The van der Waals surface area contributed by atoms with Crippen LogP contribution in [0.3, 0.4) is 0 Å². The molecule has 1 amide bonds. The van der Waals surface area contributed by atoms with Gasteiger partial charge in [-0.05, 0) is 90.2 Å². The largest absolute Gasteiger partial charge is 0.492 e. The van der Waals surface area contributed by atoms with Gasteiger partial charge in [-0.25, -0.2) is 0 Å². The predicted octanol–water partition coefficient (Wildman–Crippen LogP) is 5.24. The number of aromatic nitrogens is 1. The third kappa shape index (κ3) is 3.01. The van der Waals surface area contributed by atoms with Crippen LogP contribution in [0, 0.1) is 34.5 Å². The number of nitrogens with one attached hydrogen (secondary N) is 1. The summed E-state index contributed by atoms with van der Waals surface area (Å²) in [6.45, 7) is 8.68. The number of allylic oxidation sites excluding steroid dienone is 2. The maximum Gasteiger partial charge on any atom is 0.220 e. The van der Waals surface area contributed by atoms with Gasteiger partial charge in [-0.15, -0.1) is 0 Å². The van der Waals surface area contributed by atoms with Gasteiger partial charge in [-0.1, -0.05) is 26.8 Å². The van der Waals surface area contributed by atoms with Gasteiger partial charge in [-0.2, -0.15) is 0 Å². The van der Waals surface area contributed by atoms with Gasteiger partial charge in [0, 0.05) is 19.2 Å². The maximum absolute atomic E-state index is 12.3. The van der Waals surface area contributed by atoms with Crippen molar-refractivity contribution >= 4 is 11.5 Å². The van der Waals surface area contributed by atoms with Crippen molar-refractivity contribution < 1.29 is 9.53 Å². The Kier molecular flexibility index (Phi) is 4.95. The van der Waals surface area contributed by atoms with Crippen LogP contribution in [0.2, 0.25) is 0 Å². The lowest BCUT2D eigenvalue weighted by atomic mass is 9.46. The molecule has 2 saturated carbocycles. The van der Waals surface area contributed by atoms with E-state index in [0.29, 0.717) is 17.8 Å². The molecule has 0 spiro atoms. The molecule has 1 saturated heterocycles. The van der Waals surface area contributed by atoms with Gasteiger partial charge < -0.3 is 10.1 Å². The number of pyridine rings is 1. The van der Waals surface area contributed by atoms with Crippen LogP contribution in [-0.2, 0) is 4.79 Å². The van der Waals surface area contributed by atoms with Crippen LogP contribution in [0.1, 0.15) is 71.3 Å². The Morgan fingerprint density at radius 3 is 2.90 bits per heavy atom. The second-order valence-electron chi connectivity index (χ2n) is 10.7. The Bertz CT molecular complexity index is 864. The zero-order valence-corrected chi connectivity index (χ0v) is 18.7. The van der Waals surface area contributed by atoms with E-state index in [9.17, 15) is 4.79 Å². The Hall–Kier alpha value is -1.84. The van der Waals surface area contributed by atoms with E-state index in [4.69, 9.17) is 4.74 Å². The van der Waals surface area contributed by atoms with E-state index in [2.05, 4.69) is 43.2 Å².